The number of nitrogens with zero attached hydrogens (tertiary/aromatic N) is 2. The molecule has 1 aliphatic heterocycles. The van der Waals surface area contributed by atoms with E-state index in [1.165, 1.54) is 13.2 Å². The van der Waals surface area contributed by atoms with Gasteiger partial charge in [-0.3, -0.25) is 0 Å². The summed E-state index contributed by atoms with van der Waals surface area (Å²) in [5.41, 5.74) is 1.88. The summed E-state index contributed by atoms with van der Waals surface area (Å²) in [5, 5.41) is 2.76. The molecule has 1 saturated heterocycles. The number of ether oxygens (including phenoxy) is 1. The normalized spacial score (nSPS) is 14.0. The van der Waals surface area contributed by atoms with Gasteiger partial charge >= 0.3 is 12.0 Å². The topological polar surface area (TPSA) is 61.9 Å². The molecule has 0 aliphatic carbocycles. The fraction of sp³-hybridized carbons (Fsp3) is 0.300. The van der Waals surface area contributed by atoms with Crippen LogP contribution >= 0.6 is 0 Å². The molecule has 0 aromatic heterocycles. The van der Waals surface area contributed by atoms with Crippen molar-refractivity contribution in [3.05, 3.63) is 65.5 Å². The maximum Gasteiger partial charge on any atom is 0.337 e. The highest BCUT2D eigenvalue weighted by Gasteiger charge is 2.22. The van der Waals surface area contributed by atoms with Crippen LogP contribution in [0.5, 0.6) is 0 Å². The van der Waals surface area contributed by atoms with E-state index in [2.05, 4.69) is 10.2 Å². The minimum absolute atomic E-state index is 0.160. The number of hydrogen-bond acceptors (Lipinski definition) is 4. The molecule has 0 radical (unpaired) electrons. The van der Waals surface area contributed by atoms with Crippen LogP contribution in [0.4, 0.5) is 14.9 Å². The molecule has 2 aromatic rings. The summed E-state index contributed by atoms with van der Waals surface area (Å²) in [5.74, 6) is -0.698. The van der Waals surface area contributed by atoms with Crippen molar-refractivity contribution in [2.24, 2.45) is 0 Å². The third-order valence-electron chi connectivity index (χ3n) is 4.59. The summed E-state index contributed by atoms with van der Waals surface area (Å²) in [6, 6.07) is 13.4. The number of benzene rings is 2. The molecule has 1 fully saturated rings. The Kier molecular flexibility index (Phi) is 5.90. The van der Waals surface area contributed by atoms with Crippen LogP contribution in [0, 0.1) is 5.82 Å². The number of piperazine rings is 1. The van der Waals surface area contributed by atoms with Gasteiger partial charge in [0.15, 0.2) is 0 Å². The van der Waals surface area contributed by atoms with Crippen LogP contribution in [0.25, 0.3) is 0 Å². The van der Waals surface area contributed by atoms with Gasteiger partial charge in [0.25, 0.3) is 0 Å². The van der Waals surface area contributed by atoms with E-state index in [-0.39, 0.29) is 24.4 Å². The van der Waals surface area contributed by atoms with Gasteiger partial charge < -0.3 is 19.9 Å². The first-order chi connectivity index (χ1) is 13.1. The Bertz CT molecular complexity index is 820. The van der Waals surface area contributed by atoms with Gasteiger partial charge in [-0.05, 0) is 24.3 Å². The summed E-state index contributed by atoms with van der Waals surface area (Å²) in [6.45, 7) is 2.56. The zero-order valence-corrected chi connectivity index (χ0v) is 15.2. The number of nitrogens with one attached hydrogen (secondary N) is 1. The summed E-state index contributed by atoms with van der Waals surface area (Å²) < 4.78 is 18.4. The highest BCUT2D eigenvalue weighted by atomic mass is 19.1. The lowest BCUT2D eigenvalue weighted by atomic mass is 10.1. The zero-order valence-electron chi connectivity index (χ0n) is 15.2. The molecule has 0 spiro atoms. The molecule has 0 bridgehead atoms. The third kappa shape index (κ3) is 4.55. The van der Waals surface area contributed by atoms with Crippen molar-refractivity contribution in [3.8, 4) is 0 Å². The molecule has 3 rings (SSSR count). The highest BCUT2D eigenvalue weighted by molar-refractivity contribution is 5.90. The van der Waals surface area contributed by atoms with Crippen LogP contribution in [0.1, 0.15) is 15.9 Å². The van der Waals surface area contributed by atoms with Gasteiger partial charge in [0.1, 0.15) is 5.82 Å². The average molecular weight is 371 g/mol. The van der Waals surface area contributed by atoms with Crippen LogP contribution in [0.3, 0.4) is 0 Å². The molecule has 27 heavy (non-hydrogen) atoms. The smallest absolute Gasteiger partial charge is 0.337 e. The Morgan fingerprint density at radius 2 is 1.81 bits per heavy atom. The number of urea groups is 1. The fourth-order valence-corrected chi connectivity index (χ4v) is 3.04. The van der Waals surface area contributed by atoms with Crippen molar-refractivity contribution in [1.29, 1.82) is 0 Å². The molecule has 2 aromatic carbocycles. The second-order valence-electron chi connectivity index (χ2n) is 6.27. The van der Waals surface area contributed by atoms with Crippen molar-refractivity contribution in [3.63, 3.8) is 0 Å². The van der Waals surface area contributed by atoms with Crippen molar-refractivity contribution < 1.29 is 18.7 Å². The lowest BCUT2D eigenvalue weighted by molar-refractivity contribution is 0.0600. The largest absolute Gasteiger partial charge is 0.465 e. The Hall–Kier alpha value is -3.09. The first-order valence-electron chi connectivity index (χ1n) is 8.78. The van der Waals surface area contributed by atoms with Crippen LogP contribution in [-0.2, 0) is 11.3 Å². The number of amides is 2. The van der Waals surface area contributed by atoms with Gasteiger partial charge in [0.2, 0.25) is 0 Å². The third-order valence-corrected chi connectivity index (χ3v) is 4.59. The monoisotopic (exact) mass is 371 g/mol. The molecule has 0 saturated carbocycles. The lowest BCUT2D eigenvalue weighted by Crippen LogP contribution is -2.51. The van der Waals surface area contributed by atoms with E-state index >= 15 is 0 Å². The minimum Gasteiger partial charge on any atom is -0.465 e. The number of carbonyl (C=O) groups is 2. The highest BCUT2D eigenvalue weighted by Crippen LogP contribution is 2.19. The van der Waals surface area contributed by atoms with Crippen LogP contribution in [-0.4, -0.2) is 50.2 Å². The Morgan fingerprint density at radius 3 is 2.52 bits per heavy atom. The van der Waals surface area contributed by atoms with Crippen molar-refractivity contribution in [2.45, 2.75) is 6.54 Å². The number of hydrogen-bond donors (Lipinski definition) is 1. The maximum atomic E-state index is 13.6. The maximum absolute atomic E-state index is 13.6. The molecule has 0 unspecified atom stereocenters. The second kappa shape index (κ2) is 8.53. The molecule has 2 amide bonds. The number of methoxy groups -OCH3 is 1. The van der Waals surface area contributed by atoms with Crippen molar-refractivity contribution in [1.82, 2.24) is 10.2 Å². The van der Waals surface area contributed by atoms with E-state index in [1.54, 1.807) is 35.2 Å². The molecule has 1 aliphatic rings. The van der Waals surface area contributed by atoms with E-state index in [9.17, 15) is 14.0 Å². The predicted octanol–water partition coefficient (Wildman–Crippen LogP) is 2.64. The van der Waals surface area contributed by atoms with Gasteiger partial charge in [0, 0.05) is 44.0 Å². The van der Waals surface area contributed by atoms with Crippen molar-refractivity contribution in [2.75, 3.05) is 38.2 Å². The number of carbonyl (C=O) groups excluding carboxylic acids is 2. The van der Waals surface area contributed by atoms with E-state index in [1.807, 2.05) is 12.1 Å². The quantitative estimate of drug-likeness (QED) is 0.840. The number of anilines is 1. The minimum atomic E-state index is -0.372. The fourth-order valence-electron chi connectivity index (χ4n) is 3.04. The first kappa shape index (κ1) is 18.7. The Balaban J connectivity index is 1.53. The van der Waals surface area contributed by atoms with Gasteiger partial charge in [-0.25, -0.2) is 14.0 Å². The average Bonchev–Trinajstić information content (AvgIpc) is 2.72. The van der Waals surface area contributed by atoms with E-state index in [0.29, 0.717) is 37.3 Å². The van der Waals surface area contributed by atoms with E-state index in [4.69, 9.17) is 4.74 Å². The standard InChI is InChI=1S/C20H22FN3O3/c1-27-19(25)15-6-4-7-17(13-15)23-9-11-24(12-10-23)20(26)22-14-16-5-2-3-8-18(16)21/h2-8,13H,9-12,14H2,1H3,(H,22,26). The van der Waals surface area contributed by atoms with Crippen LogP contribution in [0.2, 0.25) is 0 Å². The summed E-state index contributed by atoms with van der Waals surface area (Å²) >= 11 is 0. The number of rotatable bonds is 4. The molecule has 0 atom stereocenters. The molecular formula is C20H22FN3O3. The van der Waals surface area contributed by atoms with Gasteiger partial charge in [-0.2, -0.15) is 0 Å². The molecule has 6 nitrogen and oxygen atoms in total. The SMILES string of the molecule is COC(=O)c1cccc(N2CCN(C(=O)NCc3ccccc3F)CC2)c1. The van der Waals surface area contributed by atoms with E-state index < -0.39 is 0 Å². The summed E-state index contributed by atoms with van der Waals surface area (Å²) in [6.07, 6.45) is 0. The molecular weight excluding hydrogens is 349 g/mol. The number of halogens is 1. The van der Waals surface area contributed by atoms with Gasteiger partial charge in [-0.15, -0.1) is 0 Å². The van der Waals surface area contributed by atoms with Crippen LogP contribution < -0.4 is 10.2 Å². The predicted molar refractivity (Wildman–Crippen MR) is 100 cm³/mol. The van der Waals surface area contributed by atoms with Gasteiger partial charge in [-0.1, -0.05) is 24.3 Å². The van der Waals surface area contributed by atoms with E-state index in [0.717, 1.165) is 5.69 Å². The lowest BCUT2D eigenvalue weighted by Gasteiger charge is -2.36. The molecule has 7 heteroatoms. The molecule has 1 heterocycles. The molecule has 142 valence electrons. The summed E-state index contributed by atoms with van der Waals surface area (Å²) in [4.78, 5) is 27.8. The second-order valence-corrected chi connectivity index (χ2v) is 6.27. The summed E-state index contributed by atoms with van der Waals surface area (Å²) in [7, 11) is 1.35. The number of esters is 1. The van der Waals surface area contributed by atoms with Gasteiger partial charge in [0.05, 0.1) is 12.7 Å². The Morgan fingerprint density at radius 1 is 1.07 bits per heavy atom. The Labute approximate surface area is 157 Å². The first-order valence-corrected chi connectivity index (χ1v) is 8.78. The molecule has 1 N–H and O–H groups in total. The van der Waals surface area contributed by atoms with Crippen molar-refractivity contribution >= 4 is 17.7 Å². The van der Waals surface area contributed by atoms with Crippen LogP contribution in [0.15, 0.2) is 48.5 Å². The zero-order chi connectivity index (χ0) is 19.2.